The second kappa shape index (κ2) is 6.41. The molecule has 2 aromatic carbocycles. The Balaban J connectivity index is 2.24. The first-order valence-electron chi connectivity index (χ1n) is 6.38. The molecule has 110 valence electrons. The van der Waals surface area contributed by atoms with Crippen molar-refractivity contribution in [3.63, 3.8) is 0 Å². The van der Waals surface area contributed by atoms with Crippen molar-refractivity contribution in [2.75, 3.05) is 11.3 Å². The molecule has 0 aromatic heterocycles. The van der Waals surface area contributed by atoms with Gasteiger partial charge in [-0.15, -0.1) is 0 Å². The van der Waals surface area contributed by atoms with Gasteiger partial charge in [0.05, 0.1) is 17.1 Å². The Morgan fingerprint density at radius 2 is 1.81 bits per heavy atom. The van der Waals surface area contributed by atoms with E-state index in [1.807, 2.05) is 0 Å². The zero-order chi connectivity index (χ0) is 15.3. The van der Waals surface area contributed by atoms with Crippen molar-refractivity contribution in [3.05, 3.63) is 60.2 Å². The van der Waals surface area contributed by atoms with Crippen LogP contribution in [-0.4, -0.2) is 21.0 Å². The van der Waals surface area contributed by atoms with E-state index in [-0.39, 0.29) is 11.5 Å². The number of carbonyl (C=O) groups excluding carboxylic acids is 1. The van der Waals surface area contributed by atoms with Crippen LogP contribution in [0.4, 0.5) is 5.69 Å². The van der Waals surface area contributed by atoms with Crippen LogP contribution in [0.2, 0.25) is 0 Å². The second-order valence-electron chi connectivity index (χ2n) is 4.22. The molecule has 2 rings (SSSR count). The van der Waals surface area contributed by atoms with E-state index in [1.54, 1.807) is 43.3 Å². The molecule has 0 heterocycles. The van der Waals surface area contributed by atoms with Gasteiger partial charge >= 0.3 is 5.97 Å². The summed E-state index contributed by atoms with van der Waals surface area (Å²) in [5, 5.41) is 0. The fourth-order valence-electron chi connectivity index (χ4n) is 1.74. The van der Waals surface area contributed by atoms with Gasteiger partial charge < -0.3 is 4.74 Å². The number of sulfonamides is 1. The van der Waals surface area contributed by atoms with Gasteiger partial charge in [0, 0.05) is 5.69 Å². The first kappa shape index (κ1) is 15.1. The van der Waals surface area contributed by atoms with Gasteiger partial charge in [-0.05, 0) is 37.3 Å². The minimum Gasteiger partial charge on any atom is -0.462 e. The molecule has 0 saturated heterocycles. The molecule has 5 nitrogen and oxygen atoms in total. The van der Waals surface area contributed by atoms with Crippen molar-refractivity contribution >= 4 is 21.7 Å². The van der Waals surface area contributed by atoms with E-state index >= 15 is 0 Å². The fourth-order valence-corrected chi connectivity index (χ4v) is 2.81. The summed E-state index contributed by atoms with van der Waals surface area (Å²) in [6.07, 6.45) is 0. The Hall–Kier alpha value is -2.34. The average Bonchev–Trinajstić information content (AvgIpc) is 2.48. The number of esters is 1. The van der Waals surface area contributed by atoms with Crippen molar-refractivity contribution < 1.29 is 17.9 Å². The van der Waals surface area contributed by atoms with Gasteiger partial charge in [-0.1, -0.05) is 24.3 Å². The first-order chi connectivity index (χ1) is 10.0. The van der Waals surface area contributed by atoms with Gasteiger partial charge in [0.2, 0.25) is 0 Å². The molecular weight excluding hydrogens is 290 g/mol. The zero-order valence-corrected chi connectivity index (χ0v) is 12.3. The van der Waals surface area contributed by atoms with Crippen LogP contribution in [0.1, 0.15) is 17.3 Å². The summed E-state index contributed by atoms with van der Waals surface area (Å²) >= 11 is 0. The molecule has 0 atom stereocenters. The number of ether oxygens (including phenoxy) is 1. The van der Waals surface area contributed by atoms with E-state index in [0.717, 1.165) is 0 Å². The molecule has 21 heavy (non-hydrogen) atoms. The molecule has 0 spiro atoms. The highest BCUT2D eigenvalue weighted by Crippen LogP contribution is 2.17. The normalized spacial score (nSPS) is 10.9. The van der Waals surface area contributed by atoms with Crippen LogP contribution in [0.5, 0.6) is 0 Å². The van der Waals surface area contributed by atoms with Gasteiger partial charge in [-0.3, -0.25) is 4.72 Å². The Morgan fingerprint density at radius 3 is 2.48 bits per heavy atom. The van der Waals surface area contributed by atoms with Gasteiger partial charge in [0.25, 0.3) is 10.0 Å². The molecule has 0 fully saturated rings. The largest absolute Gasteiger partial charge is 0.462 e. The highest BCUT2D eigenvalue weighted by molar-refractivity contribution is 7.92. The minimum atomic E-state index is -3.67. The maximum Gasteiger partial charge on any atom is 0.338 e. The molecule has 0 aliphatic carbocycles. The number of benzene rings is 2. The van der Waals surface area contributed by atoms with Crippen molar-refractivity contribution in [1.82, 2.24) is 0 Å². The predicted molar refractivity (Wildman–Crippen MR) is 79.6 cm³/mol. The Labute approximate surface area is 123 Å². The molecule has 0 radical (unpaired) electrons. The lowest BCUT2D eigenvalue weighted by molar-refractivity contribution is 0.0526. The third kappa shape index (κ3) is 3.82. The summed E-state index contributed by atoms with van der Waals surface area (Å²) in [5.74, 6) is -0.488. The lowest BCUT2D eigenvalue weighted by atomic mass is 10.2. The van der Waals surface area contributed by atoms with Crippen LogP contribution < -0.4 is 4.72 Å². The van der Waals surface area contributed by atoms with Crippen molar-refractivity contribution in [1.29, 1.82) is 0 Å². The maximum absolute atomic E-state index is 12.2. The molecule has 0 aliphatic rings. The highest BCUT2D eigenvalue weighted by atomic mass is 32.2. The summed E-state index contributed by atoms with van der Waals surface area (Å²) in [6.45, 7) is 1.97. The SMILES string of the molecule is CCOC(=O)c1cccc(NS(=O)(=O)c2ccccc2)c1. The van der Waals surface area contributed by atoms with Crippen molar-refractivity contribution in [2.45, 2.75) is 11.8 Å². The third-order valence-electron chi connectivity index (χ3n) is 2.68. The number of anilines is 1. The monoisotopic (exact) mass is 305 g/mol. The smallest absolute Gasteiger partial charge is 0.338 e. The molecule has 0 saturated carbocycles. The van der Waals surface area contributed by atoms with E-state index < -0.39 is 16.0 Å². The Morgan fingerprint density at radius 1 is 1.10 bits per heavy atom. The van der Waals surface area contributed by atoms with Gasteiger partial charge in [0.15, 0.2) is 0 Å². The summed E-state index contributed by atoms with van der Waals surface area (Å²) in [7, 11) is -3.67. The van der Waals surface area contributed by atoms with Crippen LogP contribution in [0.25, 0.3) is 0 Å². The van der Waals surface area contributed by atoms with Crippen molar-refractivity contribution in [3.8, 4) is 0 Å². The number of nitrogens with one attached hydrogen (secondary N) is 1. The third-order valence-corrected chi connectivity index (χ3v) is 4.08. The molecule has 1 N–H and O–H groups in total. The van der Waals surface area contributed by atoms with Gasteiger partial charge in [0.1, 0.15) is 0 Å². The van der Waals surface area contributed by atoms with Crippen LogP contribution in [-0.2, 0) is 14.8 Å². The molecule has 0 amide bonds. The lowest BCUT2D eigenvalue weighted by Gasteiger charge is -2.09. The average molecular weight is 305 g/mol. The maximum atomic E-state index is 12.2. The number of hydrogen-bond acceptors (Lipinski definition) is 4. The molecule has 6 heteroatoms. The van der Waals surface area contributed by atoms with Crippen LogP contribution in [0.3, 0.4) is 0 Å². The van der Waals surface area contributed by atoms with E-state index in [0.29, 0.717) is 11.3 Å². The topological polar surface area (TPSA) is 72.5 Å². The number of rotatable bonds is 5. The van der Waals surface area contributed by atoms with E-state index in [4.69, 9.17) is 4.74 Å². The van der Waals surface area contributed by atoms with Crippen LogP contribution in [0, 0.1) is 0 Å². The molecule has 0 bridgehead atoms. The Kier molecular flexibility index (Phi) is 4.59. The summed E-state index contributed by atoms with van der Waals surface area (Å²) < 4.78 is 31.7. The fraction of sp³-hybridized carbons (Fsp3) is 0.133. The van der Waals surface area contributed by atoms with Gasteiger partial charge in [-0.25, -0.2) is 13.2 Å². The molecular formula is C15H15NO4S. The molecule has 2 aromatic rings. The summed E-state index contributed by atoms with van der Waals surface area (Å²) in [4.78, 5) is 11.8. The zero-order valence-electron chi connectivity index (χ0n) is 11.4. The van der Waals surface area contributed by atoms with Crippen LogP contribution in [0.15, 0.2) is 59.5 Å². The van der Waals surface area contributed by atoms with E-state index in [1.165, 1.54) is 18.2 Å². The summed E-state index contributed by atoms with van der Waals surface area (Å²) in [5.41, 5.74) is 0.606. The molecule has 0 aliphatic heterocycles. The predicted octanol–water partition coefficient (Wildman–Crippen LogP) is 2.66. The van der Waals surface area contributed by atoms with Crippen LogP contribution >= 0.6 is 0 Å². The quantitative estimate of drug-likeness (QED) is 0.862. The van der Waals surface area contributed by atoms with Gasteiger partial charge in [-0.2, -0.15) is 0 Å². The standard InChI is InChI=1S/C15H15NO4S/c1-2-20-15(17)12-7-6-8-13(11-12)16-21(18,19)14-9-4-3-5-10-14/h3-11,16H,2H2,1H3. The number of hydrogen-bond donors (Lipinski definition) is 1. The summed E-state index contributed by atoms with van der Waals surface area (Å²) in [6, 6.07) is 14.2. The van der Waals surface area contributed by atoms with E-state index in [9.17, 15) is 13.2 Å². The van der Waals surface area contributed by atoms with Crippen molar-refractivity contribution in [2.24, 2.45) is 0 Å². The van der Waals surface area contributed by atoms with E-state index in [2.05, 4.69) is 4.72 Å². The Bertz CT molecular complexity index is 726. The lowest BCUT2D eigenvalue weighted by Crippen LogP contribution is -2.13. The molecule has 0 unspecified atom stereocenters. The highest BCUT2D eigenvalue weighted by Gasteiger charge is 2.14. The number of carbonyl (C=O) groups is 1. The second-order valence-corrected chi connectivity index (χ2v) is 5.90. The minimum absolute atomic E-state index is 0.159. The first-order valence-corrected chi connectivity index (χ1v) is 7.86.